The van der Waals surface area contributed by atoms with Gasteiger partial charge in [-0.3, -0.25) is 9.59 Å². The minimum absolute atomic E-state index is 0.144. The first-order valence-corrected chi connectivity index (χ1v) is 8.85. The largest absolute Gasteiger partial charge is 0.347 e. The fourth-order valence-electron chi connectivity index (χ4n) is 2.54. The van der Waals surface area contributed by atoms with Gasteiger partial charge in [0.05, 0.1) is 0 Å². The topological polar surface area (TPSA) is 71.1 Å². The number of aryl methyl sites for hydroxylation is 1. The fourth-order valence-corrected chi connectivity index (χ4v) is 2.54. The van der Waals surface area contributed by atoms with Crippen LogP contribution in [0.15, 0.2) is 66.7 Å². The van der Waals surface area contributed by atoms with Gasteiger partial charge in [-0.25, -0.2) is 9.37 Å². The lowest BCUT2D eigenvalue weighted by Crippen LogP contribution is -2.27. The van der Waals surface area contributed by atoms with E-state index in [1.807, 2.05) is 31.2 Å². The van der Waals surface area contributed by atoms with Gasteiger partial charge in [0, 0.05) is 13.1 Å². The van der Waals surface area contributed by atoms with Crippen LogP contribution in [0.2, 0.25) is 0 Å². The lowest BCUT2D eigenvalue weighted by Gasteiger charge is -2.08. The summed E-state index contributed by atoms with van der Waals surface area (Å²) in [6.45, 7) is 2.62. The van der Waals surface area contributed by atoms with E-state index in [0.29, 0.717) is 6.54 Å². The number of amides is 2. The summed E-state index contributed by atoms with van der Waals surface area (Å²) in [6, 6.07) is 18.4. The van der Waals surface area contributed by atoms with Gasteiger partial charge in [0.1, 0.15) is 17.2 Å². The van der Waals surface area contributed by atoms with Crippen LogP contribution in [0.1, 0.15) is 37.7 Å². The Labute approximate surface area is 162 Å². The second-order valence-corrected chi connectivity index (χ2v) is 6.39. The highest BCUT2D eigenvalue weighted by Gasteiger charge is 2.12. The Morgan fingerprint density at radius 2 is 1.25 bits per heavy atom. The van der Waals surface area contributed by atoms with E-state index in [1.165, 1.54) is 18.2 Å². The number of hydrogen-bond donors (Lipinski definition) is 2. The summed E-state index contributed by atoms with van der Waals surface area (Å²) in [7, 11) is 0. The Hall–Kier alpha value is -3.54. The number of aromatic nitrogens is 1. The predicted octanol–water partition coefficient (Wildman–Crippen LogP) is 3.39. The van der Waals surface area contributed by atoms with Gasteiger partial charge in [0.15, 0.2) is 0 Å². The van der Waals surface area contributed by atoms with Crippen LogP contribution in [0, 0.1) is 12.7 Å². The van der Waals surface area contributed by atoms with Crippen molar-refractivity contribution < 1.29 is 14.0 Å². The lowest BCUT2D eigenvalue weighted by molar-refractivity contribution is 0.0941. The molecule has 28 heavy (non-hydrogen) atoms. The van der Waals surface area contributed by atoms with Gasteiger partial charge in [-0.1, -0.05) is 48.0 Å². The summed E-state index contributed by atoms with van der Waals surface area (Å²) >= 11 is 0. The summed E-state index contributed by atoms with van der Waals surface area (Å²) in [5, 5.41) is 5.50. The fraction of sp³-hybridized carbons (Fsp3) is 0.136. The molecule has 0 radical (unpaired) electrons. The van der Waals surface area contributed by atoms with Crippen LogP contribution >= 0.6 is 0 Å². The molecule has 142 valence electrons. The molecule has 5 nitrogen and oxygen atoms in total. The van der Waals surface area contributed by atoms with Crippen molar-refractivity contribution in [2.24, 2.45) is 0 Å². The van der Waals surface area contributed by atoms with E-state index in [9.17, 15) is 14.0 Å². The van der Waals surface area contributed by atoms with Crippen LogP contribution in [0.4, 0.5) is 4.39 Å². The smallest absolute Gasteiger partial charge is 0.270 e. The zero-order chi connectivity index (χ0) is 19.9. The highest BCUT2D eigenvalue weighted by molar-refractivity contribution is 5.96. The summed E-state index contributed by atoms with van der Waals surface area (Å²) in [4.78, 5) is 28.8. The Balaban J connectivity index is 1.58. The average molecular weight is 377 g/mol. The third kappa shape index (κ3) is 5.23. The number of pyridine rings is 1. The van der Waals surface area contributed by atoms with Gasteiger partial charge in [-0.05, 0) is 42.3 Å². The van der Waals surface area contributed by atoms with E-state index in [2.05, 4.69) is 15.6 Å². The van der Waals surface area contributed by atoms with Crippen molar-refractivity contribution in [3.63, 3.8) is 0 Å². The molecule has 0 aliphatic carbocycles. The summed E-state index contributed by atoms with van der Waals surface area (Å²) < 4.78 is 12.9. The molecule has 0 atom stereocenters. The molecule has 3 rings (SSSR count). The van der Waals surface area contributed by atoms with Crippen molar-refractivity contribution in [2.75, 3.05) is 0 Å². The van der Waals surface area contributed by atoms with Crippen molar-refractivity contribution in [1.82, 2.24) is 15.6 Å². The van der Waals surface area contributed by atoms with Gasteiger partial charge >= 0.3 is 0 Å². The van der Waals surface area contributed by atoms with Crippen LogP contribution in [0.5, 0.6) is 0 Å². The summed E-state index contributed by atoms with van der Waals surface area (Å²) in [6.07, 6.45) is 0. The molecule has 0 saturated heterocycles. The Bertz CT molecular complexity index is 893. The standard InChI is InChI=1S/C22H20FN3O2/c1-15-5-7-16(8-6-15)13-24-21(27)19-3-2-4-20(26-19)22(28)25-14-17-9-11-18(23)12-10-17/h2-12H,13-14H2,1H3,(H,24,27)(H,25,28). The third-order valence-corrected chi connectivity index (χ3v) is 4.15. The predicted molar refractivity (Wildman–Crippen MR) is 104 cm³/mol. The maximum atomic E-state index is 12.9. The lowest BCUT2D eigenvalue weighted by atomic mass is 10.1. The third-order valence-electron chi connectivity index (χ3n) is 4.15. The quantitative estimate of drug-likeness (QED) is 0.692. The highest BCUT2D eigenvalue weighted by atomic mass is 19.1. The molecule has 2 N–H and O–H groups in total. The molecule has 0 aliphatic heterocycles. The molecule has 2 aromatic carbocycles. The number of nitrogens with zero attached hydrogens (tertiary/aromatic N) is 1. The SMILES string of the molecule is Cc1ccc(CNC(=O)c2cccc(C(=O)NCc3ccc(F)cc3)n2)cc1. The zero-order valence-electron chi connectivity index (χ0n) is 15.4. The first-order chi connectivity index (χ1) is 13.5. The average Bonchev–Trinajstić information content (AvgIpc) is 2.72. The molecular formula is C22H20FN3O2. The van der Waals surface area contributed by atoms with Crippen molar-refractivity contribution in [1.29, 1.82) is 0 Å². The molecule has 0 spiro atoms. The molecule has 0 aliphatic rings. The zero-order valence-corrected chi connectivity index (χ0v) is 15.4. The molecule has 2 amide bonds. The van der Waals surface area contributed by atoms with Gasteiger partial charge in [-0.2, -0.15) is 0 Å². The van der Waals surface area contributed by atoms with Crippen LogP contribution in [-0.2, 0) is 13.1 Å². The van der Waals surface area contributed by atoms with E-state index in [1.54, 1.807) is 24.3 Å². The second kappa shape index (κ2) is 8.90. The normalized spacial score (nSPS) is 10.4. The van der Waals surface area contributed by atoms with Crippen LogP contribution < -0.4 is 10.6 Å². The monoisotopic (exact) mass is 377 g/mol. The molecule has 0 unspecified atom stereocenters. The van der Waals surface area contributed by atoms with Crippen molar-refractivity contribution in [3.05, 3.63) is 101 Å². The maximum Gasteiger partial charge on any atom is 0.270 e. The molecule has 3 aromatic rings. The highest BCUT2D eigenvalue weighted by Crippen LogP contribution is 2.06. The van der Waals surface area contributed by atoms with Crippen LogP contribution in [-0.4, -0.2) is 16.8 Å². The molecule has 6 heteroatoms. The number of nitrogens with one attached hydrogen (secondary N) is 2. The van der Waals surface area contributed by atoms with Gasteiger partial charge in [-0.15, -0.1) is 0 Å². The number of rotatable bonds is 6. The maximum absolute atomic E-state index is 12.9. The first kappa shape index (κ1) is 19.2. The minimum Gasteiger partial charge on any atom is -0.347 e. The number of hydrogen-bond acceptors (Lipinski definition) is 3. The minimum atomic E-state index is -0.405. The Morgan fingerprint density at radius 3 is 1.75 bits per heavy atom. The Morgan fingerprint density at radius 1 is 0.786 bits per heavy atom. The number of carbonyl (C=O) groups excluding carboxylic acids is 2. The van der Waals surface area contributed by atoms with E-state index in [4.69, 9.17) is 0 Å². The van der Waals surface area contributed by atoms with E-state index >= 15 is 0 Å². The first-order valence-electron chi connectivity index (χ1n) is 8.85. The molecule has 0 bridgehead atoms. The van der Waals surface area contributed by atoms with Crippen molar-refractivity contribution >= 4 is 11.8 Å². The number of benzene rings is 2. The van der Waals surface area contributed by atoms with Crippen LogP contribution in [0.25, 0.3) is 0 Å². The van der Waals surface area contributed by atoms with Crippen LogP contribution in [0.3, 0.4) is 0 Å². The molecule has 0 saturated carbocycles. The van der Waals surface area contributed by atoms with Gasteiger partial charge in [0.2, 0.25) is 0 Å². The van der Waals surface area contributed by atoms with E-state index in [-0.39, 0.29) is 29.7 Å². The number of halogens is 1. The molecular weight excluding hydrogens is 357 g/mol. The summed E-state index contributed by atoms with van der Waals surface area (Å²) in [5.74, 6) is -1.09. The van der Waals surface area contributed by atoms with E-state index < -0.39 is 5.91 Å². The number of carbonyl (C=O) groups is 2. The van der Waals surface area contributed by atoms with Crippen molar-refractivity contribution in [2.45, 2.75) is 20.0 Å². The molecule has 1 heterocycles. The molecule has 0 fully saturated rings. The molecule has 1 aromatic heterocycles. The van der Waals surface area contributed by atoms with Gasteiger partial charge < -0.3 is 10.6 Å². The van der Waals surface area contributed by atoms with Crippen molar-refractivity contribution in [3.8, 4) is 0 Å². The van der Waals surface area contributed by atoms with Gasteiger partial charge in [0.25, 0.3) is 11.8 Å². The summed E-state index contributed by atoms with van der Waals surface area (Å²) in [5.41, 5.74) is 3.21. The Kier molecular flexibility index (Phi) is 6.11. The van der Waals surface area contributed by atoms with E-state index in [0.717, 1.165) is 16.7 Å². The second-order valence-electron chi connectivity index (χ2n) is 6.39.